The first-order chi connectivity index (χ1) is 12.3. The van der Waals surface area contributed by atoms with Gasteiger partial charge in [0.25, 0.3) is 0 Å². The van der Waals surface area contributed by atoms with Crippen LogP contribution in [0.1, 0.15) is 34.1 Å². The summed E-state index contributed by atoms with van der Waals surface area (Å²) in [6, 6.07) is 0. The van der Waals surface area contributed by atoms with Crippen molar-refractivity contribution in [3.63, 3.8) is 0 Å². The van der Waals surface area contributed by atoms with Crippen molar-refractivity contribution in [1.29, 1.82) is 0 Å². The van der Waals surface area contributed by atoms with Crippen LogP contribution in [0.3, 0.4) is 0 Å². The van der Waals surface area contributed by atoms with E-state index in [-0.39, 0.29) is 38.6 Å². The number of Topliss-reactive ketones (excluding diaryl/α,β-unsaturated/α-hetero) is 1. The minimum absolute atomic E-state index is 0.0170. The summed E-state index contributed by atoms with van der Waals surface area (Å²) >= 11 is 0. The lowest BCUT2D eigenvalue weighted by Crippen LogP contribution is -2.53. The molecule has 0 spiro atoms. The average molecular weight is 370 g/mol. The van der Waals surface area contributed by atoms with Gasteiger partial charge in [-0.1, -0.05) is 0 Å². The molecule has 1 aliphatic heterocycles. The fourth-order valence-corrected chi connectivity index (χ4v) is 3.01. The number of nitrogens with zero attached hydrogens (tertiary/aromatic N) is 1. The summed E-state index contributed by atoms with van der Waals surface area (Å²) < 4.78 is 10.3. The number of rotatable bonds is 10. The van der Waals surface area contributed by atoms with Crippen molar-refractivity contribution in [3.8, 4) is 0 Å². The lowest BCUT2D eigenvalue weighted by molar-refractivity contribution is -0.161. The van der Waals surface area contributed by atoms with Gasteiger partial charge < -0.3 is 24.8 Å². The van der Waals surface area contributed by atoms with Crippen molar-refractivity contribution in [1.82, 2.24) is 10.2 Å². The molecular formula is C18H30N2O6. The summed E-state index contributed by atoms with van der Waals surface area (Å²) in [7, 11) is 0. The SMILES string of the molecule is CCOC(=O)C1=C(C)N(CCNCCO)CC(C(C)=O)(C(=O)OCC)C1. The maximum atomic E-state index is 12.6. The monoisotopic (exact) mass is 370 g/mol. The number of hydrogen-bond acceptors (Lipinski definition) is 8. The van der Waals surface area contributed by atoms with E-state index in [0.717, 1.165) is 0 Å². The molecule has 0 fully saturated rings. The number of carbonyl (C=O) groups excluding carboxylic acids is 3. The molecule has 1 rings (SSSR count). The molecule has 1 unspecified atom stereocenters. The van der Waals surface area contributed by atoms with Gasteiger partial charge in [-0.05, 0) is 27.7 Å². The van der Waals surface area contributed by atoms with E-state index in [1.165, 1.54) is 6.92 Å². The van der Waals surface area contributed by atoms with E-state index in [4.69, 9.17) is 14.6 Å². The summed E-state index contributed by atoms with van der Waals surface area (Å²) in [6.45, 7) is 8.50. The number of allylic oxidation sites excluding steroid dienone is 1. The van der Waals surface area contributed by atoms with Crippen molar-refractivity contribution in [3.05, 3.63) is 11.3 Å². The van der Waals surface area contributed by atoms with Crippen molar-refractivity contribution in [2.24, 2.45) is 5.41 Å². The molecule has 0 aliphatic carbocycles. The number of hydrogen-bond donors (Lipinski definition) is 2. The standard InChI is InChI=1S/C18H30N2O6/c1-5-25-16(23)15-11-18(14(4)22,17(24)26-6-2)12-20(13(15)3)9-7-19-8-10-21/h19,21H,5-12H2,1-4H3. The van der Waals surface area contributed by atoms with Crippen LogP contribution in [0.2, 0.25) is 0 Å². The molecule has 2 N–H and O–H groups in total. The van der Waals surface area contributed by atoms with Crippen molar-refractivity contribution in [2.75, 3.05) is 46.0 Å². The van der Waals surface area contributed by atoms with E-state index in [1.54, 1.807) is 20.8 Å². The zero-order chi connectivity index (χ0) is 19.7. The first kappa shape index (κ1) is 22.1. The van der Waals surface area contributed by atoms with E-state index in [1.807, 2.05) is 4.90 Å². The van der Waals surface area contributed by atoms with Crippen LogP contribution >= 0.6 is 0 Å². The van der Waals surface area contributed by atoms with E-state index in [0.29, 0.717) is 30.9 Å². The molecule has 1 atom stereocenters. The Morgan fingerprint density at radius 3 is 2.38 bits per heavy atom. The van der Waals surface area contributed by atoms with Crippen LogP contribution < -0.4 is 5.32 Å². The Kier molecular flexibility index (Phi) is 8.74. The van der Waals surface area contributed by atoms with E-state index < -0.39 is 17.4 Å². The minimum atomic E-state index is -1.42. The number of ketones is 1. The summed E-state index contributed by atoms with van der Waals surface area (Å²) in [5.41, 5.74) is -0.409. The molecule has 26 heavy (non-hydrogen) atoms. The smallest absolute Gasteiger partial charge is 0.335 e. The van der Waals surface area contributed by atoms with Crippen LogP contribution in [-0.4, -0.2) is 73.7 Å². The molecule has 1 aliphatic rings. The summed E-state index contributed by atoms with van der Waals surface area (Å²) in [4.78, 5) is 39.3. The molecule has 0 bridgehead atoms. The Bertz CT molecular complexity index is 560. The Balaban J connectivity index is 3.21. The Morgan fingerprint density at radius 2 is 1.85 bits per heavy atom. The van der Waals surface area contributed by atoms with Gasteiger partial charge in [-0.15, -0.1) is 0 Å². The highest BCUT2D eigenvalue weighted by molar-refractivity contribution is 6.05. The van der Waals surface area contributed by atoms with Crippen molar-refractivity contribution >= 4 is 17.7 Å². The van der Waals surface area contributed by atoms with Crippen LogP contribution in [0, 0.1) is 5.41 Å². The number of carbonyl (C=O) groups is 3. The quantitative estimate of drug-likeness (QED) is 0.320. The molecule has 8 nitrogen and oxygen atoms in total. The average Bonchev–Trinajstić information content (AvgIpc) is 2.60. The van der Waals surface area contributed by atoms with Crippen LogP contribution in [0.4, 0.5) is 0 Å². The topological polar surface area (TPSA) is 105 Å². The largest absolute Gasteiger partial charge is 0.465 e. The third-order valence-corrected chi connectivity index (χ3v) is 4.56. The second kappa shape index (κ2) is 10.3. The van der Waals surface area contributed by atoms with Crippen LogP contribution in [0.25, 0.3) is 0 Å². The first-order valence-electron chi connectivity index (χ1n) is 8.95. The number of ether oxygens (including phenoxy) is 2. The molecular weight excluding hydrogens is 340 g/mol. The molecule has 0 aromatic rings. The maximum absolute atomic E-state index is 12.6. The van der Waals surface area contributed by atoms with Crippen LogP contribution in [0.15, 0.2) is 11.3 Å². The fourth-order valence-electron chi connectivity index (χ4n) is 3.01. The van der Waals surface area contributed by atoms with Gasteiger partial charge in [-0.3, -0.25) is 9.59 Å². The highest BCUT2D eigenvalue weighted by atomic mass is 16.5. The van der Waals surface area contributed by atoms with Crippen LogP contribution in [-0.2, 0) is 23.9 Å². The third kappa shape index (κ3) is 5.04. The summed E-state index contributed by atoms with van der Waals surface area (Å²) in [6.07, 6.45) is -0.0214. The first-order valence-corrected chi connectivity index (χ1v) is 8.95. The second-order valence-electron chi connectivity index (χ2n) is 6.22. The Hall–Kier alpha value is -1.93. The van der Waals surface area contributed by atoms with Gasteiger partial charge in [0.2, 0.25) is 0 Å². The lowest BCUT2D eigenvalue weighted by Gasteiger charge is -2.41. The van der Waals surface area contributed by atoms with Crippen LogP contribution in [0.5, 0.6) is 0 Å². The zero-order valence-corrected chi connectivity index (χ0v) is 16.1. The molecule has 0 aromatic carbocycles. The van der Waals surface area contributed by atoms with E-state index >= 15 is 0 Å². The molecule has 148 valence electrons. The molecule has 0 saturated heterocycles. The normalized spacial score (nSPS) is 20.1. The third-order valence-electron chi connectivity index (χ3n) is 4.56. The Morgan fingerprint density at radius 1 is 1.19 bits per heavy atom. The van der Waals surface area contributed by atoms with Crippen molar-refractivity contribution in [2.45, 2.75) is 34.1 Å². The second-order valence-corrected chi connectivity index (χ2v) is 6.22. The minimum Gasteiger partial charge on any atom is -0.465 e. The van der Waals surface area contributed by atoms with E-state index in [2.05, 4.69) is 5.32 Å². The number of aliphatic hydroxyl groups excluding tert-OH is 1. The number of aliphatic hydroxyl groups is 1. The fraction of sp³-hybridized carbons (Fsp3) is 0.722. The maximum Gasteiger partial charge on any atom is 0.335 e. The predicted octanol–water partition coefficient (Wildman–Crippen LogP) is 0.250. The van der Waals surface area contributed by atoms with E-state index in [9.17, 15) is 14.4 Å². The van der Waals surface area contributed by atoms with Gasteiger partial charge in [-0.25, -0.2) is 4.79 Å². The van der Waals surface area contributed by atoms with Gasteiger partial charge in [0, 0.05) is 38.3 Å². The molecule has 0 saturated carbocycles. The number of esters is 2. The highest BCUT2D eigenvalue weighted by Crippen LogP contribution is 2.38. The summed E-state index contributed by atoms with van der Waals surface area (Å²) in [5, 5.41) is 11.9. The van der Waals surface area contributed by atoms with Gasteiger partial charge in [-0.2, -0.15) is 0 Å². The molecule has 1 heterocycles. The molecule has 8 heteroatoms. The molecule has 0 aromatic heterocycles. The predicted molar refractivity (Wildman–Crippen MR) is 95.2 cm³/mol. The van der Waals surface area contributed by atoms with Crippen molar-refractivity contribution < 1.29 is 29.0 Å². The zero-order valence-electron chi connectivity index (χ0n) is 16.1. The Labute approximate surface area is 154 Å². The lowest BCUT2D eigenvalue weighted by atomic mass is 9.74. The van der Waals surface area contributed by atoms with Gasteiger partial charge in [0.05, 0.1) is 25.4 Å². The molecule has 0 radical (unpaired) electrons. The highest BCUT2D eigenvalue weighted by Gasteiger charge is 2.50. The van der Waals surface area contributed by atoms with Gasteiger partial charge in [0.15, 0.2) is 0 Å². The summed E-state index contributed by atoms with van der Waals surface area (Å²) in [5.74, 6) is -1.47. The van der Waals surface area contributed by atoms with Gasteiger partial charge >= 0.3 is 11.9 Å². The molecule has 0 amide bonds. The van der Waals surface area contributed by atoms with Gasteiger partial charge in [0.1, 0.15) is 11.2 Å². The number of nitrogens with one attached hydrogen (secondary N) is 1.